The number of ether oxygens (including phenoxy) is 2. The smallest absolute Gasteiger partial charge is 0.336 e. The zero-order chi connectivity index (χ0) is 17.3. The van der Waals surface area contributed by atoms with Gasteiger partial charge in [-0.15, -0.1) is 0 Å². The molecule has 0 bridgehead atoms. The average Bonchev–Trinajstić information content (AvgIpc) is 2.89. The van der Waals surface area contributed by atoms with E-state index in [0.717, 1.165) is 17.9 Å². The Labute approximate surface area is 140 Å². The summed E-state index contributed by atoms with van der Waals surface area (Å²) in [6.07, 6.45) is -0.657. The van der Waals surface area contributed by atoms with Gasteiger partial charge >= 0.3 is 5.97 Å². The summed E-state index contributed by atoms with van der Waals surface area (Å²) in [6.45, 7) is 6.45. The first-order valence-corrected chi connectivity index (χ1v) is 8.12. The first kappa shape index (κ1) is 16.9. The van der Waals surface area contributed by atoms with E-state index in [1.165, 1.54) is 19.2 Å². The summed E-state index contributed by atoms with van der Waals surface area (Å²) in [5, 5.41) is 0. The predicted octanol–water partition coefficient (Wildman–Crippen LogP) is 1.96. The summed E-state index contributed by atoms with van der Waals surface area (Å²) in [7, 11) is 1.36. The number of benzene rings is 1. The van der Waals surface area contributed by atoms with Crippen LogP contribution in [0.25, 0.3) is 11.0 Å². The Morgan fingerprint density at radius 3 is 2.96 bits per heavy atom. The summed E-state index contributed by atoms with van der Waals surface area (Å²) in [6, 6.07) is 4.65. The first-order chi connectivity index (χ1) is 11.5. The van der Waals surface area contributed by atoms with E-state index in [1.807, 2.05) is 13.8 Å². The van der Waals surface area contributed by atoms with E-state index in [4.69, 9.17) is 9.47 Å². The van der Waals surface area contributed by atoms with Crippen LogP contribution in [-0.2, 0) is 27.4 Å². The normalized spacial score (nSPS) is 22.0. The number of hydrogen-bond acceptors (Lipinski definition) is 5. The van der Waals surface area contributed by atoms with Gasteiger partial charge in [-0.3, -0.25) is 4.90 Å². The number of aryl methyl sites for hydroxylation is 1. The Hall–Kier alpha value is -1.99. The number of fused-ring (bicyclic) bond motifs is 1. The van der Waals surface area contributed by atoms with Gasteiger partial charge in [-0.05, 0) is 26.0 Å². The molecule has 0 spiro atoms. The van der Waals surface area contributed by atoms with Crippen LogP contribution in [0.1, 0.15) is 19.7 Å². The number of halogens is 1. The van der Waals surface area contributed by atoms with E-state index in [9.17, 15) is 9.18 Å². The van der Waals surface area contributed by atoms with E-state index in [2.05, 4.69) is 14.5 Å². The maximum absolute atomic E-state index is 13.4. The van der Waals surface area contributed by atoms with Crippen molar-refractivity contribution in [3.05, 3.63) is 29.8 Å². The highest BCUT2D eigenvalue weighted by Gasteiger charge is 2.31. The van der Waals surface area contributed by atoms with Crippen LogP contribution in [0.3, 0.4) is 0 Å². The average molecular weight is 335 g/mol. The molecule has 0 amide bonds. The number of imidazole rings is 1. The van der Waals surface area contributed by atoms with Gasteiger partial charge in [0.25, 0.3) is 0 Å². The molecule has 0 saturated carbocycles. The quantitative estimate of drug-likeness (QED) is 0.800. The summed E-state index contributed by atoms with van der Waals surface area (Å²) in [4.78, 5) is 18.5. The molecule has 24 heavy (non-hydrogen) atoms. The van der Waals surface area contributed by atoms with Crippen molar-refractivity contribution in [2.75, 3.05) is 20.2 Å². The second kappa shape index (κ2) is 6.86. The van der Waals surface area contributed by atoms with Crippen LogP contribution in [0.4, 0.5) is 4.39 Å². The molecule has 2 aromatic rings. The Morgan fingerprint density at radius 2 is 2.25 bits per heavy atom. The van der Waals surface area contributed by atoms with Crippen molar-refractivity contribution in [2.45, 2.75) is 39.1 Å². The minimum Gasteiger partial charge on any atom is -0.467 e. The number of methoxy groups -OCH3 is 1. The monoisotopic (exact) mass is 335 g/mol. The SMILES string of the molecule is CCn1c(CN2CC(C(=O)OC)O[C@H](C)C2)nc2cc(F)ccc21. The van der Waals surface area contributed by atoms with E-state index in [0.29, 0.717) is 25.2 Å². The number of carbonyl (C=O) groups is 1. The van der Waals surface area contributed by atoms with Gasteiger partial charge in [0, 0.05) is 25.7 Å². The number of rotatable bonds is 4. The molecule has 3 rings (SSSR count). The molecular weight excluding hydrogens is 313 g/mol. The third kappa shape index (κ3) is 3.27. The fraction of sp³-hybridized carbons (Fsp3) is 0.529. The fourth-order valence-corrected chi connectivity index (χ4v) is 3.26. The van der Waals surface area contributed by atoms with E-state index >= 15 is 0 Å². The van der Waals surface area contributed by atoms with Crippen molar-refractivity contribution in [1.82, 2.24) is 14.5 Å². The molecular formula is C17H22FN3O3. The molecule has 1 fully saturated rings. The molecule has 6 nitrogen and oxygen atoms in total. The van der Waals surface area contributed by atoms with Crippen LogP contribution in [0.15, 0.2) is 18.2 Å². The van der Waals surface area contributed by atoms with Gasteiger partial charge in [0.05, 0.1) is 30.8 Å². The first-order valence-electron chi connectivity index (χ1n) is 8.12. The number of hydrogen-bond donors (Lipinski definition) is 0. The molecule has 0 radical (unpaired) electrons. The van der Waals surface area contributed by atoms with Crippen LogP contribution >= 0.6 is 0 Å². The molecule has 7 heteroatoms. The van der Waals surface area contributed by atoms with Gasteiger partial charge in [-0.1, -0.05) is 0 Å². The molecule has 1 aliphatic rings. The van der Waals surface area contributed by atoms with Crippen LogP contribution in [-0.4, -0.2) is 52.8 Å². The molecule has 2 atom stereocenters. The molecule has 1 aliphatic heterocycles. The lowest BCUT2D eigenvalue weighted by atomic mass is 10.2. The van der Waals surface area contributed by atoms with Gasteiger partial charge in [0.2, 0.25) is 0 Å². The Kier molecular flexibility index (Phi) is 4.82. The number of nitrogens with zero attached hydrogens (tertiary/aromatic N) is 3. The van der Waals surface area contributed by atoms with Crippen LogP contribution < -0.4 is 0 Å². The third-order valence-electron chi connectivity index (χ3n) is 4.27. The lowest BCUT2D eigenvalue weighted by molar-refractivity contribution is -0.166. The van der Waals surface area contributed by atoms with Crippen LogP contribution in [0.2, 0.25) is 0 Å². The highest BCUT2D eigenvalue weighted by Crippen LogP contribution is 2.20. The van der Waals surface area contributed by atoms with Gasteiger partial charge in [0.1, 0.15) is 11.6 Å². The molecule has 1 unspecified atom stereocenters. The van der Waals surface area contributed by atoms with Crippen LogP contribution in [0, 0.1) is 5.82 Å². The number of aromatic nitrogens is 2. The summed E-state index contributed by atoms with van der Waals surface area (Å²) < 4.78 is 25.9. The van der Waals surface area contributed by atoms with Crippen molar-refractivity contribution in [3.8, 4) is 0 Å². The van der Waals surface area contributed by atoms with Gasteiger partial charge < -0.3 is 14.0 Å². The Bertz CT molecular complexity index is 746. The molecule has 2 heterocycles. The minimum absolute atomic E-state index is 0.0697. The highest BCUT2D eigenvalue weighted by molar-refractivity contribution is 5.76. The topological polar surface area (TPSA) is 56.6 Å². The number of carbonyl (C=O) groups excluding carboxylic acids is 1. The van der Waals surface area contributed by atoms with Crippen molar-refractivity contribution < 1.29 is 18.7 Å². The Balaban J connectivity index is 1.84. The molecule has 130 valence electrons. The van der Waals surface area contributed by atoms with Gasteiger partial charge in [-0.25, -0.2) is 14.2 Å². The zero-order valence-electron chi connectivity index (χ0n) is 14.2. The fourth-order valence-electron chi connectivity index (χ4n) is 3.26. The van der Waals surface area contributed by atoms with E-state index in [1.54, 1.807) is 6.07 Å². The van der Waals surface area contributed by atoms with Gasteiger partial charge in [-0.2, -0.15) is 0 Å². The van der Waals surface area contributed by atoms with Crippen molar-refractivity contribution in [3.63, 3.8) is 0 Å². The lowest BCUT2D eigenvalue weighted by Crippen LogP contribution is -2.49. The van der Waals surface area contributed by atoms with Crippen LogP contribution in [0.5, 0.6) is 0 Å². The summed E-state index contributed by atoms with van der Waals surface area (Å²) >= 11 is 0. The summed E-state index contributed by atoms with van der Waals surface area (Å²) in [5.74, 6) is 0.203. The molecule has 0 N–H and O–H groups in total. The molecule has 1 aromatic carbocycles. The van der Waals surface area contributed by atoms with Crippen molar-refractivity contribution in [1.29, 1.82) is 0 Å². The lowest BCUT2D eigenvalue weighted by Gasteiger charge is -2.35. The number of morpholine rings is 1. The maximum atomic E-state index is 13.4. The van der Waals surface area contributed by atoms with E-state index in [-0.39, 0.29) is 17.9 Å². The molecule has 1 aromatic heterocycles. The second-order valence-electron chi connectivity index (χ2n) is 6.06. The largest absolute Gasteiger partial charge is 0.467 e. The zero-order valence-corrected chi connectivity index (χ0v) is 14.2. The summed E-state index contributed by atoms with van der Waals surface area (Å²) in [5.41, 5.74) is 1.57. The van der Waals surface area contributed by atoms with Crippen molar-refractivity contribution >= 4 is 17.0 Å². The standard InChI is InChI=1S/C17H22FN3O3/c1-4-21-14-6-5-12(18)7-13(14)19-16(21)10-20-8-11(2)24-15(9-20)17(22)23-3/h5-7,11,15H,4,8-10H2,1-3H3/t11-,15?/m1/s1. The van der Waals surface area contributed by atoms with Crippen molar-refractivity contribution in [2.24, 2.45) is 0 Å². The minimum atomic E-state index is -0.587. The van der Waals surface area contributed by atoms with E-state index < -0.39 is 6.10 Å². The second-order valence-corrected chi connectivity index (χ2v) is 6.06. The number of esters is 1. The molecule has 0 aliphatic carbocycles. The maximum Gasteiger partial charge on any atom is 0.336 e. The van der Waals surface area contributed by atoms with Gasteiger partial charge in [0.15, 0.2) is 6.10 Å². The molecule has 1 saturated heterocycles. The Morgan fingerprint density at radius 1 is 1.46 bits per heavy atom. The predicted molar refractivity (Wildman–Crippen MR) is 87.0 cm³/mol. The highest BCUT2D eigenvalue weighted by atomic mass is 19.1. The third-order valence-corrected chi connectivity index (χ3v) is 4.27.